The number of carbonyl (C=O) groups is 2. The van der Waals surface area contributed by atoms with Crippen LogP contribution in [0.25, 0.3) is 0 Å². The lowest BCUT2D eigenvalue weighted by Gasteiger charge is -2.35. The standard InChI is InChI=1S/C22H34N2O3/c1-22(2,3)21(26)24-14-7-11-19(17-24)20(25)23-13-8-15-27-16-12-18-9-5-4-6-10-18/h4-6,9-10,19H,7-8,11-17H2,1-3H3,(H,23,25). The molecular weight excluding hydrogens is 340 g/mol. The van der Waals surface area contributed by atoms with Crippen molar-refractivity contribution in [3.05, 3.63) is 35.9 Å². The summed E-state index contributed by atoms with van der Waals surface area (Å²) in [7, 11) is 0. The van der Waals surface area contributed by atoms with Gasteiger partial charge in [-0.2, -0.15) is 0 Å². The molecule has 1 fully saturated rings. The SMILES string of the molecule is CC(C)(C)C(=O)N1CCCC(C(=O)NCCCOCCc2ccccc2)C1. The third-order valence-electron chi connectivity index (χ3n) is 4.86. The minimum atomic E-state index is -0.393. The van der Waals surface area contributed by atoms with Crippen LogP contribution in [0.15, 0.2) is 30.3 Å². The molecule has 1 aliphatic heterocycles. The number of carbonyl (C=O) groups excluding carboxylic acids is 2. The van der Waals surface area contributed by atoms with E-state index >= 15 is 0 Å². The Bertz CT molecular complexity index is 595. The summed E-state index contributed by atoms with van der Waals surface area (Å²) >= 11 is 0. The van der Waals surface area contributed by atoms with Crippen LogP contribution in [0.4, 0.5) is 0 Å². The number of nitrogens with zero attached hydrogens (tertiary/aromatic N) is 1. The Balaban J connectivity index is 1.59. The second-order valence-corrected chi connectivity index (χ2v) is 8.33. The van der Waals surface area contributed by atoms with Crippen molar-refractivity contribution in [2.75, 3.05) is 32.8 Å². The van der Waals surface area contributed by atoms with Crippen molar-refractivity contribution in [1.82, 2.24) is 10.2 Å². The fraction of sp³-hybridized carbons (Fsp3) is 0.636. The summed E-state index contributed by atoms with van der Waals surface area (Å²) in [6.07, 6.45) is 3.46. The monoisotopic (exact) mass is 374 g/mol. The van der Waals surface area contributed by atoms with Crippen LogP contribution >= 0.6 is 0 Å². The molecule has 0 aromatic heterocycles. The van der Waals surface area contributed by atoms with Crippen LogP contribution in [0.3, 0.4) is 0 Å². The van der Waals surface area contributed by atoms with Gasteiger partial charge >= 0.3 is 0 Å². The molecule has 1 aromatic carbocycles. The largest absolute Gasteiger partial charge is 0.381 e. The first-order valence-corrected chi connectivity index (χ1v) is 10.1. The average Bonchev–Trinajstić information content (AvgIpc) is 2.66. The van der Waals surface area contributed by atoms with Crippen molar-refractivity contribution in [3.8, 4) is 0 Å². The predicted molar refractivity (Wildman–Crippen MR) is 107 cm³/mol. The summed E-state index contributed by atoms with van der Waals surface area (Å²) in [6, 6.07) is 10.3. The third-order valence-corrected chi connectivity index (χ3v) is 4.86. The van der Waals surface area contributed by atoms with E-state index in [4.69, 9.17) is 4.74 Å². The van der Waals surface area contributed by atoms with Crippen molar-refractivity contribution in [3.63, 3.8) is 0 Å². The molecule has 1 aromatic rings. The van der Waals surface area contributed by atoms with E-state index in [1.54, 1.807) is 0 Å². The Morgan fingerprint density at radius 1 is 1.19 bits per heavy atom. The van der Waals surface area contributed by atoms with Crippen molar-refractivity contribution in [1.29, 1.82) is 0 Å². The van der Waals surface area contributed by atoms with Crippen LogP contribution in [0.1, 0.15) is 45.6 Å². The maximum atomic E-state index is 12.4. The molecule has 1 unspecified atom stereocenters. The highest BCUT2D eigenvalue weighted by molar-refractivity contribution is 5.83. The molecule has 2 rings (SSSR count). The average molecular weight is 375 g/mol. The first-order chi connectivity index (χ1) is 12.9. The van der Waals surface area contributed by atoms with Crippen LogP contribution in [-0.4, -0.2) is 49.6 Å². The van der Waals surface area contributed by atoms with Gasteiger partial charge in [-0.1, -0.05) is 51.1 Å². The molecule has 1 saturated heterocycles. The van der Waals surface area contributed by atoms with Gasteiger partial charge < -0.3 is 15.0 Å². The van der Waals surface area contributed by atoms with Crippen LogP contribution < -0.4 is 5.32 Å². The zero-order valence-electron chi connectivity index (χ0n) is 17.0. The number of nitrogens with one attached hydrogen (secondary N) is 1. The van der Waals surface area contributed by atoms with Gasteiger partial charge in [0, 0.05) is 31.7 Å². The van der Waals surface area contributed by atoms with Gasteiger partial charge in [-0.3, -0.25) is 9.59 Å². The summed E-state index contributed by atoms with van der Waals surface area (Å²) in [6.45, 7) is 9.04. The van der Waals surface area contributed by atoms with E-state index in [0.717, 1.165) is 32.2 Å². The minimum Gasteiger partial charge on any atom is -0.381 e. The maximum absolute atomic E-state index is 12.4. The Morgan fingerprint density at radius 3 is 2.63 bits per heavy atom. The summed E-state index contributed by atoms with van der Waals surface area (Å²) in [5, 5.41) is 3.00. The number of piperidine rings is 1. The summed E-state index contributed by atoms with van der Waals surface area (Å²) in [4.78, 5) is 26.7. The van der Waals surface area contributed by atoms with Crippen molar-refractivity contribution >= 4 is 11.8 Å². The summed E-state index contributed by atoms with van der Waals surface area (Å²) in [5.41, 5.74) is 0.882. The van der Waals surface area contributed by atoms with E-state index in [-0.39, 0.29) is 17.7 Å². The fourth-order valence-electron chi connectivity index (χ4n) is 3.32. The highest BCUT2D eigenvalue weighted by Crippen LogP contribution is 2.23. The van der Waals surface area contributed by atoms with Gasteiger partial charge in [0.15, 0.2) is 0 Å². The molecule has 0 saturated carbocycles. The fourth-order valence-corrected chi connectivity index (χ4v) is 3.32. The molecule has 1 atom stereocenters. The van der Waals surface area contributed by atoms with Gasteiger partial charge in [0.2, 0.25) is 11.8 Å². The van der Waals surface area contributed by atoms with E-state index in [2.05, 4.69) is 17.4 Å². The van der Waals surface area contributed by atoms with E-state index < -0.39 is 5.41 Å². The quantitative estimate of drug-likeness (QED) is 0.712. The molecule has 27 heavy (non-hydrogen) atoms. The molecule has 1 heterocycles. The normalized spacial score (nSPS) is 17.6. The highest BCUT2D eigenvalue weighted by atomic mass is 16.5. The van der Waals surface area contributed by atoms with Gasteiger partial charge in [0.05, 0.1) is 12.5 Å². The lowest BCUT2D eigenvalue weighted by molar-refractivity contribution is -0.142. The zero-order valence-corrected chi connectivity index (χ0v) is 17.0. The molecule has 1 N–H and O–H groups in total. The second-order valence-electron chi connectivity index (χ2n) is 8.33. The van der Waals surface area contributed by atoms with Crippen molar-refractivity contribution in [2.45, 2.75) is 46.5 Å². The van der Waals surface area contributed by atoms with Gasteiger partial charge in [0.1, 0.15) is 0 Å². The maximum Gasteiger partial charge on any atom is 0.227 e. The van der Waals surface area contributed by atoms with Gasteiger partial charge in [-0.05, 0) is 31.2 Å². The van der Waals surface area contributed by atoms with E-state index in [1.165, 1.54) is 5.56 Å². The number of benzene rings is 1. The molecule has 2 amide bonds. The molecular formula is C22H34N2O3. The third kappa shape index (κ3) is 7.33. The van der Waals surface area contributed by atoms with Crippen LogP contribution in [-0.2, 0) is 20.7 Å². The van der Waals surface area contributed by atoms with Gasteiger partial charge in [-0.25, -0.2) is 0 Å². The number of hydrogen-bond acceptors (Lipinski definition) is 3. The molecule has 5 heteroatoms. The molecule has 0 bridgehead atoms. The Labute approximate surface area is 163 Å². The number of likely N-dealkylation sites (tertiary alicyclic amines) is 1. The van der Waals surface area contributed by atoms with Crippen LogP contribution in [0.5, 0.6) is 0 Å². The van der Waals surface area contributed by atoms with Crippen molar-refractivity contribution < 1.29 is 14.3 Å². The Morgan fingerprint density at radius 2 is 1.93 bits per heavy atom. The highest BCUT2D eigenvalue weighted by Gasteiger charge is 2.33. The summed E-state index contributed by atoms with van der Waals surface area (Å²) < 4.78 is 5.65. The molecule has 0 aliphatic carbocycles. The zero-order chi connectivity index (χ0) is 19.7. The van der Waals surface area contributed by atoms with Gasteiger partial charge in [0.25, 0.3) is 0 Å². The lowest BCUT2D eigenvalue weighted by Crippen LogP contribution is -2.48. The smallest absolute Gasteiger partial charge is 0.227 e. The Hall–Kier alpha value is -1.88. The van der Waals surface area contributed by atoms with E-state index in [9.17, 15) is 9.59 Å². The minimum absolute atomic E-state index is 0.0608. The number of amides is 2. The Kier molecular flexibility index (Phi) is 8.29. The topological polar surface area (TPSA) is 58.6 Å². The molecule has 1 aliphatic rings. The molecule has 0 spiro atoms. The summed E-state index contributed by atoms with van der Waals surface area (Å²) in [5.74, 6) is 0.0987. The van der Waals surface area contributed by atoms with Crippen LogP contribution in [0.2, 0.25) is 0 Å². The van der Waals surface area contributed by atoms with Crippen molar-refractivity contribution in [2.24, 2.45) is 11.3 Å². The predicted octanol–water partition coefficient (Wildman–Crippen LogP) is 3.04. The van der Waals surface area contributed by atoms with Gasteiger partial charge in [-0.15, -0.1) is 0 Å². The molecule has 0 radical (unpaired) electrons. The van der Waals surface area contributed by atoms with E-state index in [0.29, 0.717) is 26.3 Å². The second kappa shape index (κ2) is 10.5. The number of ether oxygens (including phenoxy) is 1. The first kappa shape index (κ1) is 21.4. The lowest BCUT2D eigenvalue weighted by atomic mass is 9.91. The first-order valence-electron chi connectivity index (χ1n) is 10.1. The number of hydrogen-bond donors (Lipinski definition) is 1. The molecule has 5 nitrogen and oxygen atoms in total. The molecule has 150 valence electrons. The number of rotatable bonds is 8. The van der Waals surface area contributed by atoms with E-state index in [1.807, 2.05) is 43.9 Å². The van der Waals surface area contributed by atoms with Crippen LogP contribution in [0, 0.1) is 11.3 Å².